The first-order valence-electron chi connectivity index (χ1n) is 10.8. The van der Waals surface area contributed by atoms with Crippen molar-refractivity contribution in [2.45, 2.75) is 38.1 Å². The first-order chi connectivity index (χ1) is 15.8. The van der Waals surface area contributed by atoms with Crippen molar-refractivity contribution in [1.29, 1.82) is 0 Å². The van der Waals surface area contributed by atoms with Gasteiger partial charge in [0.15, 0.2) is 0 Å². The molecular formula is C24H27FN2O4S2. The van der Waals surface area contributed by atoms with Gasteiger partial charge < -0.3 is 0 Å². The zero-order valence-corrected chi connectivity index (χ0v) is 20.0. The van der Waals surface area contributed by atoms with Gasteiger partial charge in [0.25, 0.3) is 11.8 Å². The third kappa shape index (κ3) is 6.23. The molecule has 33 heavy (non-hydrogen) atoms. The normalized spacial score (nSPS) is 16.7. The minimum Gasteiger partial charge on any atom is -0.268 e. The summed E-state index contributed by atoms with van der Waals surface area (Å²) in [5, 5.41) is 1.17. The average molecular weight is 491 g/mol. The highest BCUT2D eigenvalue weighted by Crippen LogP contribution is 2.28. The molecule has 1 unspecified atom stereocenters. The smallest absolute Gasteiger partial charge is 0.268 e. The number of benzene rings is 2. The van der Waals surface area contributed by atoms with Crippen LogP contribution in [-0.4, -0.2) is 47.4 Å². The summed E-state index contributed by atoms with van der Waals surface area (Å²) in [5.41, 5.74) is 0.117. The maximum Gasteiger partial charge on any atom is 0.331 e. The Labute approximate surface area is 198 Å². The third-order valence-corrected chi connectivity index (χ3v) is 7.93. The van der Waals surface area contributed by atoms with Crippen LogP contribution in [0.2, 0.25) is 0 Å². The Kier molecular flexibility index (Phi) is 8.68. The molecule has 1 saturated heterocycles. The van der Waals surface area contributed by atoms with Gasteiger partial charge in [0.1, 0.15) is 11.1 Å². The minimum atomic E-state index is -4.36. The molecule has 0 saturated carbocycles. The SMILES string of the molecule is CCCC(F)SC=C1C(=O)N(CCc2ccccc2)S(=O)(=O)N(CCc2ccccc2)C1=O. The molecule has 2 amide bonds. The Hall–Kier alpha value is -2.65. The van der Waals surface area contributed by atoms with E-state index >= 15 is 0 Å². The number of alkyl halides is 1. The van der Waals surface area contributed by atoms with E-state index in [9.17, 15) is 22.4 Å². The molecule has 1 atom stereocenters. The van der Waals surface area contributed by atoms with Gasteiger partial charge in [-0.1, -0.05) is 85.8 Å². The molecule has 2 aromatic rings. The monoisotopic (exact) mass is 490 g/mol. The van der Waals surface area contributed by atoms with Crippen LogP contribution in [0.5, 0.6) is 0 Å². The molecule has 0 aliphatic carbocycles. The van der Waals surface area contributed by atoms with Crippen molar-refractivity contribution in [2.24, 2.45) is 0 Å². The minimum absolute atomic E-state index is 0.115. The third-order valence-electron chi connectivity index (χ3n) is 5.21. The Morgan fingerprint density at radius 1 is 0.879 bits per heavy atom. The number of rotatable bonds is 10. The van der Waals surface area contributed by atoms with E-state index in [0.29, 0.717) is 19.3 Å². The number of hydrogen-bond donors (Lipinski definition) is 0. The lowest BCUT2D eigenvalue weighted by atomic mass is 10.1. The Morgan fingerprint density at radius 3 is 1.76 bits per heavy atom. The zero-order chi connectivity index (χ0) is 23.8. The Morgan fingerprint density at radius 2 is 1.33 bits per heavy atom. The molecule has 1 heterocycles. The second-order valence-electron chi connectivity index (χ2n) is 7.60. The highest BCUT2D eigenvalue weighted by molar-refractivity contribution is 8.02. The van der Waals surface area contributed by atoms with Gasteiger partial charge in [-0.3, -0.25) is 9.59 Å². The van der Waals surface area contributed by atoms with Gasteiger partial charge in [-0.15, -0.1) is 0 Å². The van der Waals surface area contributed by atoms with Gasteiger partial charge in [0, 0.05) is 13.1 Å². The average Bonchev–Trinajstić information content (AvgIpc) is 2.80. The van der Waals surface area contributed by atoms with Crippen molar-refractivity contribution < 1.29 is 22.4 Å². The number of halogens is 1. The van der Waals surface area contributed by atoms with Crippen LogP contribution in [0, 0.1) is 0 Å². The van der Waals surface area contributed by atoms with Gasteiger partial charge in [-0.05, 0) is 35.8 Å². The highest BCUT2D eigenvalue weighted by atomic mass is 32.2. The standard InChI is InChI=1S/C24H27FN2O4S2/c1-2-9-22(25)32-18-21-23(28)26(16-14-19-10-5-3-6-11-19)33(30,31)27(24(21)29)17-15-20-12-7-4-8-13-20/h3-8,10-13,18,22H,2,9,14-17H2,1H3. The van der Waals surface area contributed by atoms with E-state index < -0.39 is 27.5 Å². The van der Waals surface area contributed by atoms with Crippen LogP contribution >= 0.6 is 11.8 Å². The van der Waals surface area contributed by atoms with E-state index in [1.54, 1.807) is 0 Å². The molecule has 0 radical (unpaired) electrons. The van der Waals surface area contributed by atoms with Gasteiger partial charge in [-0.2, -0.15) is 8.42 Å². The second kappa shape index (κ2) is 11.5. The van der Waals surface area contributed by atoms with E-state index in [4.69, 9.17) is 0 Å². The Balaban J connectivity index is 1.88. The lowest BCUT2D eigenvalue weighted by Gasteiger charge is -2.35. The summed E-state index contributed by atoms with van der Waals surface area (Å²) in [6, 6.07) is 18.4. The van der Waals surface area contributed by atoms with Crippen LogP contribution in [0.1, 0.15) is 30.9 Å². The summed E-state index contributed by atoms with van der Waals surface area (Å²) >= 11 is 0.730. The predicted octanol–water partition coefficient (Wildman–Crippen LogP) is 4.10. The summed E-state index contributed by atoms with van der Waals surface area (Å²) in [4.78, 5) is 26.1. The van der Waals surface area contributed by atoms with Crippen molar-refractivity contribution in [3.63, 3.8) is 0 Å². The van der Waals surface area contributed by atoms with E-state index in [1.807, 2.05) is 67.6 Å². The topological polar surface area (TPSA) is 74.8 Å². The summed E-state index contributed by atoms with van der Waals surface area (Å²) in [7, 11) is -4.36. The summed E-state index contributed by atoms with van der Waals surface area (Å²) in [6.45, 7) is 1.60. The van der Waals surface area contributed by atoms with E-state index in [1.165, 1.54) is 5.41 Å². The first-order valence-corrected chi connectivity index (χ1v) is 13.1. The van der Waals surface area contributed by atoms with Crippen LogP contribution < -0.4 is 0 Å². The molecule has 0 bridgehead atoms. The number of thioether (sulfide) groups is 1. The highest BCUT2D eigenvalue weighted by Gasteiger charge is 2.46. The number of carbonyl (C=O) groups is 2. The number of hydrogen-bond acceptors (Lipinski definition) is 5. The zero-order valence-electron chi connectivity index (χ0n) is 18.4. The number of nitrogens with zero attached hydrogens (tertiary/aromatic N) is 2. The molecule has 176 valence electrons. The van der Waals surface area contributed by atoms with Crippen molar-refractivity contribution in [1.82, 2.24) is 8.61 Å². The molecule has 0 N–H and O–H groups in total. The van der Waals surface area contributed by atoms with Gasteiger partial charge in [0.2, 0.25) is 0 Å². The molecule has 1 aliphatic rings. The molecule has 3 rings (SSSR count). The molecule has 2 aromatic carbocycles. The van der Waals surface area contributed by atoms with Crippen molar-refractivity contribution in [3.05, 3.63) is 82.8 Å². The quantitative estimate of drug-likeness (QED) is 0.370. The fourth-order valence-electron chi connectivity index (χ4n) is 3.41. The van der Waals surface area contributed by atoms with Crippen LogP contribution in [0.25, 0.3) is 0 Å². The Bertz CT molecular complexity index is 1020. The van der Waals surface area contributed by atoms with Gasteiger partial charge >= 0.3 is 10.2 Å². The van der Waals surface area contributed by atoms with Crippen molar-refractivity contribution in [2.75, 3.05) is 13.1 Å². The van der Waals surface area contributed by atoms with Crippen LogP contribution in [0.15, 0.2) is 71.6 Å². The predicted molar refractivity (Wildman–Crippen MR) is 128 cm³/mol. The van der Waals surface area contributed by atoms with E-state index in [2.05, 4.69) is 0 Å². The molecular weight excluding hydrogens is 463 g/mol. The molecule has 9 heteroatoms. The van der Waals surface area contributed by atoms with Crippen LogP contribution in [-0.2, 0) is 32.6 Å². The fourth-order valence-corrected chi connectivity index (χ4v) is 5.77. The van der Waals surface area contributed by atoms with Gasteiger partial charge in [-0.25, -0.2) is 13.0 Å². The van der Waals surface area contributed by atoms with Crippen LogP contribution in [0.4, 0.5) is 4.39 Å². The summed E-state index contributed by atoms with van der Waals surface area (Å²) in [5.74, 6) is -1.83. The van der Waals surface area contributed by atoms with E-state index in [-0.39, 0.29) is 25.1 Å². The number of amides is 2. The molecule has 1 aliphatic heterocycles. The summed E-state index contributed by atoms with van der Waals surface area (Å²) < 4.78 is 42.0. The lowest BCUT2D eigenvalue weighted by molar-refractivity contribution is -0.131. The molecule has 1 fully saturated rings. The second-order valence-corrected chi connectivity index (χ2v) is 10.4. The van der Waals surface area contributed by atoms with Crippen molar-refractivity contribution >= 4 is 33.8 Å². The lowest BCUT2D eigenvalue weighted by Crippen LogP contribution is -2.57. The largest absolute Gasteiger partial charge is 0.331 e. The van der Waals surface area contributed by atoms with Gasteiger partial charge in [0.05, 0.1) is 0 Å². The molecule has 0 spiro atoms. The van der Waals surface area contributed by atoms with Crippen LogP contribution in [0.3, 0.4) is 0 Å². The van der Waals surface area contributed by atoms with E-state index in [0.717, 1.165) is 31.5 Å². The molecule has 0 aromatic heterocycles. The maximum absolute atomic E-state index is 14.0. The molecule has 6 nitrogen and oxygen atoms in total. The number of carbonyl (C=O) groups excluding carboxylic acids is 2. The maximum atomic E-state index is 14.0. The first kappa shape index (κ1) is 25.0. The van der Waals surface area contributed by atoms with Crippen molar-refractivity contribution in [3.8, 4) is 0 Å². The fraction of sp³-hybridized carbons (Fsp3) is 0.333. The summed E-state index contributed by atoms with van der Waals surface area (Å²) in [6.07, 6.45) is 1.48.